The molecule has 1 heterocycles. The van der Waals surface area contributed by atoms with Crippen LogP contribution in [0.15, 0.2) is 0 Å². The maximum Gasteiger partial charge on any atom is 0.225 e. The third-order valence-corrected chi connectivity index (χ3v) is 6.64. The lowest BCUT2D eigenvalue weighted by atomic mass is 9.74. The van der Waals surface area contributed by atoms with E-state index in [-0.39, 0.29) is 23.8 Å². The molecular weight excluding hydrogens is 300 g/mol. The van der Waals surface area contributed by atoms with E-state index in [1.165, 1.54) is 25.7 Å². The van der Waals surface area contributed by atoms with E-state index >= 15 is 0 Å². The molecule has 1 aliphatic heterocycles. The van der Waals surface area contributed by atoms with Gasteiger partial charge in [-0.25, -0.2) is 0 Å². The first-order valence-electron chi connectivity index (χ1n) is 10.1. The Morgan fingerprint density at radius 1 is 1.17 bits per heavy atom. The molecule has 2 aliphatic carbocycles. The van der Waals surface area contributed by atoms with Crippen molar-refractivity contribution in [1.82, 2.24) is 10.2 Å². The van der Waals surface area contributed by atoms with Gasteiger partial charge in [-0.3, -0.25) is 9.59 Å². The van der Waals surface area contributed by atoms with Crippen LogP contribution in [0.4, 0.5) is 0 Å². The number of carbonyl (C=O) groups excluding carboxylic acids is 2. The van der Waals surface area contributed by atoms with Crippen LogP contribution in [0.25, 0.3) is 0 Å². The first-order valence-corrected chi connectivity index (χ1v) is 10.1. The van der Waals surface area contributed by atoms with Crippen LogP contribution < -0.4 is 5.32 Å². The second-order valence-corrected chi connectivity index (χ2v) is 8.83. The fourth-order valence-electron chi connectivity index (χ4n) is 5.14. The van der Waals surface area contributed by atoms with Gasteiger partial charge in [0.1, 0.15) is 0 Å². The second kappa shape index (κ2) is 7.45. The van der Waals surface area contributed by atoms with Gasteiger partial charge in [0.05, 0.1) is 5.92 Å². The molecule has 0 aromatic rings. The van der Waals surface area contributed by atoms with Crippen LogP contribution in [0.1, 0.15) is 72.1 Å². The number of nitrogens with zero attached hydrogens (tertiary/aromatic N) is 1. The molecule has 2 saturated carbocycles. The lowest BCUT2D eigenvalue weighted by Crippen LogP contribution is -2.48. The molecule has 4 heteroatoms. The average Bonchev–Trinajstić information content (AvgIpc) is 3.16. The lowest BCUT2D eigenvalue weighted by molar-refractivity contribution is -0.130. The Morgan fingerprint density at radius 2 is 1.88 bits per heavy atom. The van der Waals surface area contributed by atoms with E-state index < -0.39 is 0 Å². The van der Waals surface area contributed by atoms with Crippen molar-refractivity contribution < 1.29 is 9.59 Å². The standard InChI is InChI=1S/C20H34N2O2/c1-13(2)17-9-8-14(3)10-18(17)21-20(24)15-11-19(23)22(12-15)16-6-4-5-7-16/h13-18H,4-12H2,1-3H3,(H,21,24). The number of nitrogens with one attached hydrogen (secondary N) is 1. The summed E-state index contributed by atoms with van der Waals surface area (Å²) >= 11 is 0. The maximum absolute atomic E-state index is 12.8. The van der Waals surface area contributed by atoms with Gasteiger partial charge in [-0.1, -0.05) is 40.0 Å². The highest BCUT2D eigenvalue weighted by Gasteiger charge is 2.40. The highest BCUT2D eigenvalue weighted by Crippen LogP contribution is 2.34. The van der Waals surface area contributed by atoms with Crippen molar-refractivity contribution in [1.29, 1.82) is 0 Å². The minimum Gasteiger partial charge on any atom is -0.353 e. The Hall–Kier alpha value is -1.06. The summed E-state index contributed by atoms with van der Waals surface area (Å²) in [5.41, 5.74) is 0. The summed E-state index contributed by atoms with van der Waals surface area (Å²) in [4.78, 5) is 27.1. The first-order chi connectivity index (χ1) is 11.5. The van der Waals surface area contributed by atoms with Gasteiger partial charge in [0, 0.05) is 25.0 Å². The van der Waals surface area contributed by atoms with E-state index in [9.17, 15) is 9.59 Å². The van der Waals surface area contributed by atoms with Gasteiger partial charge >= 0.3 is 0 Å². The molecule has 3 aliphatic rings. The van der Waals surface area contributed by atoms with Gasteiger partial charge in [-0.15, -0.1) is 0 Å². The van der Waals surface area contributed by atoms with Crippen LogP contribution in [-0.2, 0) is 9.59 Å². The number of carbonyl (C=O) groups is 2. The monoisotopic (exact) mass is 334 g/mol. The number of likely N-dealkylation sites (tertiary alicyclic amines) is 1. The molecule has 136 valence electrons. The van der Waals surface area contributed by atoms with Crippen LogP contribution in [-0.4, -0.2) is 35.3 Å². The fraction of sp³-hybridized carbons (Fsp3) is 0.900. The molecule has 0 aromatic heterocycles. The van der Waals surface area contributed by atoms with E-state index in [1.54, 1.807) is 0 Å². The van der Waals surface area contributed by atoms with Crippen molar-refractivity contribution in [3.8, 4) is 0 Å². The molecule has 0 radical (unpaired) electrons. The molecule has 1 saturated heterocycles. The van der Waals surface area contributed by atoms with E-state index in [4.69, 9.17) is 0 Å². The summed E-state index contributed by atoms with van der Waals surface area (Å²) in [6, 6.07) is 0.685. The van der Waals surface area contributed by atoms with Gasteiger partial charge in [0.15, 0.2) is 0 Å². The predicted molar refractivity (Wildman–Crippen MR) is 95.3 cm³/mol. The topological polar surface area (TPSA) is 49.4 Å². The molecule has 24 heavy (non-hydrogen) atoms. The van der Waals surface area contributed by atoms with Gasteiger partial charge in [-0.2, -0.15) is 0 Å². The van der Waals surface area contributed by atoms with Crippen molar-refractivity contribution in [2.24, 2.45) is 23.7 Å². The number of amides is 2. The Balaban J connectivity index is 1.58. The number of hydrogen-bond donors (Lipinski definition) is 1. The molecule has 4 nitrogen and oxygen atoms in total. The SMILES string of the molecule is CC1CCC(C(C)C)C(NC(=O)C2CC(=O)N(C3CCCC3)C2)C1. The zero-order chi connectivity index (χ0) is 17.3. The van der Waals surface area contributed by atoms with E-state index in [2.05, 4.69) is 26.1 Å². The molecule has 4 atom stereocenters. The van der Waals surface area contributed by atoms with Gasteiger partial charge in [0.25, 0.3) is 0 Å². The smallest absolute Gasteiger partial charge is 0.225 e. The second-order valence-electron chi connectivity index (χ2n) is 8.83. The predicted octanol–water partition coefficient (Wildman–Crippen LogP) is 3.35. The lowest BCUT2D eigenvalue weighted by Gasteiger charge is -2.38. The molecule has 3 fully saturated rings. The van der Waals surface area contributed by atoms with E-state index in [0.717, 1.165) is 19.3 Å². The summed E-state index contributed by atoms with van der Waals surface area (Å²) in [7, 11) is 0. The third kappa shape index (κ3) is 3.78. The Bertz CT molecular complexity index is 470. The number of rotatable bonds is 4. The zero-order valence-corrected chi connectivity index (χ0v) is 15.6. The summed E-state index contributed by atoms with van der Waals surface area (Å²) in [6.07, 6.45) is 8.67. The summed E-state index contributed by atoms with van der Waals surface area (Å²) in [6.45, 7) is 7.46. The van der Waals surface area contributed by atoms with E-state index in [0.29, 0.717) is 36.8 Å². The van der Waals surface area contributed by atoms with Crippen LogP contribution in [0, 0.1) is 23.7 Å². The Labute approximate surface area is 146 Å². The quantitative estimate of drug-likeness (QED) is 0.857. The summed E-state index contributed by atoms with van der Waals surface area (Å²) in [5.74, 6) is 2.04. The molecular formula is C20H34N2O2. The van der Waals surface area contributed by atoms with Gasteiger partial charge in [-0.05, 0) is 43.4 Å². The van der Waals surface area contributed by atoms with Gasteiger partial charge in [0.2, 0.25) is 11.8 Å². The van der Waals surface area contributed by atoms with E-state index in [1.807, 2.05) is 4.90 Å². The zero-order valence-electron chi connectivity index (χ0n) is 15.6. The molecule has 1 N–H and O–H groups in total. The largest absolute Gasteiger partial charge is 0.353 e. The van der Waals surface area contributed by atoms with Crippen molar-refractivity contribution in [2.75, 3.05) is 6.54 Å². The van der Waals surface area contributed by atoms with Crippen LogP contribution >= 0.6 is 0 Å². The Morgan fingerprint density at radius 3 is 2.54 bits per heavy atom. The molecule has 4 unspecified atom stereocenters. The van der Waals surface area contributed by atoms with Crippen LogP contribution in [0.5, 0.6) is 0 Å². The minimum atomic E-state index is -0.136. The van der Waals surface area contributed by atoms with Crippen molar-refractivity contribution >= 4 is 11.8 Å². The summed E-state index contributed by atoms with van der Waals surface area (Å²) < 4.78 is 0. The Kier molecular flexibility index (Phi) is 5.51. The fourth-order valence-corrected chi connectivity index (χ4v) is 5.14. The number of hydrogen-bond acceptors (Lipinski definition) is 2. The normalized spacial score (nSPS) is 35.0. The van der Waals surface area contributed by atoms with Crippen molar-refractivity contribution in [3.63, 3.8) is 0 Å². The first kappa shape index (κ1) is 17.8. The highest BCUT2D eigenvalue weighted by atomic mass is 16.2. The summed E-state index contributed by atoms with van der Waals surface area (Å²) in [5, 5.41) is 3.34. The van der Waals surface area contributed by atoms with Crippen LogP contribution in [0.3, 0.4) is 0 Å². The van der Waals surface area contributed by atoms with Gasteiger partial charge < -0.3 is 10.2 Å². The molecule has 0 aromatic carbocycles. The average molecular weight is 335 g/mol. The molecule has 0 spiro atoms. The van der Waals surface area contributed by atoms with Crippen molar-refractivity contribution in [3.05, 3.63) is 0 Å². The molecule has 2 amide bonds. The molecule has 3 rings (SSSR count). The maximum atomic E-state index is 12.8. The van der Waals surface area contributed by atoms with Crippen molar-refractivity contribution in [2.45, 2.75) is 84.2 Å². The van der Waals surface area contributed by atoms with Crippen LogP contribution in [0.2, 0.25) is 0 Å². The minimum absolute atomic E-state index is 0.119. The highest BCUT2D eigenvalue weighted by molar-refractivity contribution is 5.89. The molecule has 0 bridgehead atoms. The third-order valence-electron chi connectivity index (χ3n) is 6.64.